The molecule has 0 radical (unpaired) electrons. The lowest BCUT2D eigenvalue weighted by Crippen LogP contribution is -2.25. The van der Waals surface area contributed by atoms with Crippen LogP contribution in [0.15, 0.2) is 40.2 Å². The third-order valence-corrected chi connectivity index (χ3v) is 4.56. The summed E-state index contributed by atoms with van der Waals surface area (Å²) in [5, 5.41) is 8.84. The Morgan fingerprint density at radius 1 is 1.50 bits per heavy atom. The summed E-state index contributed by atoms with van der Waals surface area (Å²) in [7, 11) is -3.73. The average molecular weight is 334 g/mol. The van der Waals surface area contributed by atoms with Crippen LogP contribution in [0.5, 0.6) is 0 Å². The van der Waals surface area contributed by atoms with E-state index in [4.69, 9.17) is 5.11 Å². The molecule has 18 heavy (non-hydrogen) atoms. The minimum absolute atomic E-state index is 0.0812. The largest absolute Gasteiger partial charge is 0.478 e. The van der Waals surface area contributed by atoms with Crippen molar-refractivity contribution in [2.75, 3.05) is 6.54 Å². The highest BCUT2D eigenvalue weighted by molar-refractivity contribution is 9.10. The summed E-state index contributed by atoms with van der Waals surface area (Å²) in [6.07, 6.45) is 2.08. The molecule has 1 aromatic carbocycles. The number of aromatic carboxylic acids is 1. The molecule has 7 heteroatoms. The van der Waals surface area contributed by atoms with Crippen LogP contribution in [-0.4, -0.2) is 26.0 Å². The quantitative estimate of drug-likeness (QED) is 0.616. The van der Waals surface area contributed by atoms with Crippen LogP contribution < -0.4 is 4.72 Å². The summed E-state index contributed by atoms with van der Waals surface area (Å²) in [6, 6.07) is 3.84. The number of benzene rings is 1. The summed E-state index contributed by atoms with van der Waals surface area (Å²) in [5.74, 6) is -1.18. The molecule has 5 nitrogen and oxygen atoms in total. The molecule has 0 heterocycles. The van der Waals surface area contributed by atoms with Crippen molar-refractivity contribution < 1.29 is 18.3 Å². The minimum atomic E-state index is -3.73. The van der Waals surface area contributed by atoms with Gasteiger partial charge in [0.05, 0.1) is 10.5 Å². The molecule has 0 fully saturated rings. The second-order valence-corrected chi connectivity index (χ2v) is 6.02. The number of hydrogen-bond donors (Lipinski definition) is 2. The number of sulfonamides is 1. The topological polar surface area (TPSA) is 83.5 Å². The number of nitrogens with one attached hydrogen (secondary N) is 1. The van der Waals surface area contributed by atoms with Gasteiger partial charge in [0.2, 0.25) is 10.0 Å². The number of carboxylic acids is 1. The fraction of sp³-hybridized carbons (Fsp3) is 0.182. The van der Waals surface area contributed by atoms with Gasteiger partial charge in [-0.2, -0.15) is 0 Å². The lowest BCUT2D eigenvalue weighted by Gasteiger charge is -2.08. The number of carbonyl (C=O) groups is 1. The van der Waals surface area contributed by atoms with Crippen LogP contribution in [0.3, 0.4) is 0 Å². The lowest BCUT2D eigenvalue weighted by molar-refractivity contribution is 0.0696. The zero-order chi connectivity index (χ0) is 13.8. The van der Waals surface area contributed by atoms with Crippen molar-refractivity contribution in [1.82, 2.24) is 4.72 Å². The van der Waals surface area contributed by atoms with Gasteiger partial charge in [-0.1, -0.05) is 6.08 Å². The Hall–Kier alpha value is -1.18. The van der Waals surface area contributed by atoms with Gasteiger partial charge in [-0.05, 0) is 40.5 Å². The van der Waals surface area contributed by atoms with E-state index in [9.17, 15) is 13.2 Å². The Labute approximate surface area is 114 Å². The molecule has 0 atom stereocenters. The Bertz CT molecular complexity index is 568. The first-order valence-corrected chi connectivity index (χ1v) is 7.29. The zero-order valence-electron chi connectivity index (χ0n) is 9.39. The second kappa shape index (κ2) is 6.12. The number of carboxylic acid groups (broad SMARTS) is 1. The van der Waals surface area contributed by atoms with Crippen molar-refractivity contribution in [3.63, 3.8) is 0 Å². The van der Waals surface area contributed by atoms with Crippen LogP contribution in [0.25, 0.3) is 0 Å². The maximum absolute atomic E-state index is 11.9. The molecule has 0 bridgehead atoms. The monoisotopic (exact) mass is 333 g/mol. The molecule has 0 saturated carbocycles. The normalized spacial score (nSPS) is 11.2. The van der Waals surface area contributed by atoms with Crippen LogP contribution in [-0.2, 0) is 10.0 Å². The number of rotatable bonds is 6. The van der Waals surface area contributed by atoms with E-state index < -0.39 is 16.0 Å². The van der Waals surface area contributed by atoms with Crippen molar-refractivity contribution in [3.05, 3.63) is 40.9 Å². The summed E-state index contributed by atoms with van der Waals surface area (Å²) < 4.78 is 26.5. The van der Waals surface area contributed by atoms with Crippen molar-refractivity contribution in [3.8, 4) is 0 Å². The average Bonchev–Trinajstić information content (AvgIpc) is 2.29. The van der Waals surface area contributed by atoms with E-state index in [0.29, 0.717) is 10.9 Å². The Kier molecular flexibility index (Phi) is 5.06. The van der Waals surface area contributed by atoms with E-state index >= 15 is 0 Å². The van der Waals surface area contributed by atoms with Gasteiger partial charge in [0.15, 0.2) is 0 Å². The van der Waals surface area contributed by atoms with Crippen LogP contribution in [0.1, 0.15) is 16.8 Å². The minimum Gasteiger partial charge on any atom is -0.478 e. The molecule has 2 N–H and O–H groups in total. The van der Waals surface area contributed by atoms with Gasteiger partial charge in [0, 0.05) is 11.0 Å². The molecule has 0 unspecified atom stereocenters. The second-order valence-electron chi connectivity index (χ2n) is 3.43. The van der Waals surface area contributed by atoms with E-state index in [-0.39, 0.29) is 17.0 Å². The van der Waals surface area contributed by atoms with E-state index in [1.54, 1.807) is 6.08 Å². The highest BCUT2D eigenvalue weighted by Gasteiger charge is 2.19. The van der Waals surface area contributed by atoms with E-state index in [2.05, 4.69) is 27.2 Å². The van der Waals surface area contributed by atoms with Gasteiger partial charge < -0.3 is 5.11 Å². The first-order chi connectivity index (χ1) is 8.38. The van der Waals surface area contributed by atoms with Gasteiger partial charge in [0.1, 0.15) is 0 Å². The van der Waals surface area contributed by atoms with Crippen LogP contribution in [0.4, 0.5) is 0 Å². The molecule has 98 valence electrons. The van der Waals surface area contributed by atoms with Crippen LogP contribution in [0, 0.1) is 0 Å². The zero-order valence-corrected chi connectivity index (χ0v) is 11.8. The van der Waals surface area contributed by atoms with Crippen molar-refractivity contribution >= 4 is 31.9 Å². The molecular formula is C11H12BrNO4S. The predicted octanol–water partition coefficient (Wildman–Crippen LogP) is 2.00. The first-order valence-electron chi connectivity index (χ1n) is 5.02. The third-order valence-electron chi connectivity index (χ3n) is 2.11. The van der Waals surface area contributed by atoms with E-state index in [1.165, 1.54) is 12.1 Å². The molecule has 0 aliphatic rings. The van der Waals surface area contributed by atoms with Crippen LogP contribution >= 0.6 is 15.9 Å². The van der Waals surface area contributed by atoms with Crippen molar-refractivity contribution in [1.29, 1.82) is 0 Å². The standard InChI is InChI=1S/C11H12BrNO4S/c1-2-3-6-13-18(16,17)10-7-8(11(14)15)4-5-9(10)12/h2,4-5,7,13H,1,3,6H2,(H,14,15). The summed E-state index contributed by atoms with van der Waals surface area (Å²) in [5.41, 5.74) is -0.0812. The Morgan fingerprint density at radius 3 is 2.72 bits per heavy atom. The van der Waals surface area contributed by atoms with E-state index in [1.807, 2.05) is 0 Å². The van der Waals surface area contributed by atoms with Crippen LogP contribution in [0.2, 0.25) is 0 Å². The molecule has 0 aliphatic carbocycles. The molecule has 1 aromatic rings. The summed E-state index contributed by atoms with van der Waals surface area (Å²) in [4.78, 5) is 10.7. The van der Waals surface area contributed by atoms with Gasteiger partial charge in [0.25, 0.3) is 0 Å². The maximum Gasteiger partial charge on any atom is 0.335 e. The molecule has 1 rings (SSSR count). The molecule has 0 aromatic heterocycles. The SMILES string of the molecule is C=CCCNS(=O)(=O)c1cc(C(=O)O)ccc1Br. The first kappa shape index (κ1) is 14.9. The van der Waals surface area contributed by atoms with Gasteiger partial charge in [-0.15, -0.1) is 6.58 Å². The van der Waals surface area contributed by atoms with E-state index in [0.717, 1.165) is 6.07 Å². The smallest absolute Gasteiger partial charge is 0.335 e. The highest BCUT2D eigenvalue weighted by Crippen LogP contribution is 2.23. The number of hydrogen-bond acceptors (Lipinski definition) is 3. The molecule has 0 aliphatic heterocycles. The summed E-state index contributed by atoms with van der Waals surface area (Å²) in [6.45, 7) is 3.70. The molecule has 0 amide bonds. The van der Waals surface area contributed by atoms with Gasteiger partial charge >= 0.3 is 5.97 Å². The summed E-state index contributed by atoms with van der Waals surface area (Å²) >= 11 is 3.09. The van der Waals surface area contributed by atoms with Crippen molar-refractivity contribution in [2.24, 2.45) is 0 Å². The fourth-order valence-corrected chi connectivity index (χ4v) is 3.25. The Balaban J connectivity index is 3.10. The predicted molar refractivity (Wildman–Crippen MR) is 71.1 cm³/mol. The van der Waals surface area contributed by atoms with Crippen molar-refractivity contribution in [2.45, 2.75) is 11.3 Å². The number of halogens is 1. The van der Waals surface area contributed by atoms with Gasteiger partial charge in [-0.3, -0.25) is 0 Å². The third kappa shape index (κ3) is 3.66. The highest BCUT2D eigenvalue weighted by atomic mass is 79.9. The fourth-order valence-electron chi connectivity index (χ4n) is 1.22. The lowest BCUT2D eigenvalue weighted by atomic mass is 10.2. The van der Waals surface area contributed by atoms with Gasteiger partial charge in [-0.25, -0.2) is 17.9 Å². The Morgan fingerprint density at radius 2 is 2.17 bits per heavy atom. The maximum atomic E-state index is 11.9. The molecule has 0 spiro atoms. The molecule has 0 saturated heterocycles. The molecular weight excluding hydrogens is 322 g/mol.